The van der Waals surface area contributed by atoms with Crippen molar-refractivity contribution in [2.45, 2.75) is 52.4 Å². The van der Waals surface area contributed by atoms with Gasteiger partial charge in [-0.25, -0.2) is 0 Å². The van der Waals surface area contributed by atoms with Crippen molar-refractivity contribution in [3.63, 3.8) is 0 Å². The van der Waals surface area contributed by atoms with E-state index in [4.69, 9.17) is 0 Å². The molecule has 2 aliphatic carbocycles. The molecule has 1 saturated carbocycles. The van der Waals surface area contributed by atoms with Gasteiger partial charge in [0, 0.05) is 36.6 Å². The van der Waals surface area contributed by atoms with Crippen molar-refractivity contribution in [1.82, 2.24) is 4.90 Å². The van der Waals surface area contributed by atoms with E-state index in [1.807, 2.05) is 42.2 Å². The lowest BCUT2D eigenvalue weighted by Crippen LogP contribution is -2.41. The van der Waals surface area contributed by atoms with E-state index >= 15 is 0 Å². The van der Waals surface area contributed by atoms with Gasteiger partial charge in [-0.2, -0.15) is 0 Å². The van der Waals surface area contributed by atoms with Crippen LogP contribution >= 0.6 is 0 Å². The number of amides is 1. The molecule has 164 valence electrons. The average molecular weight is 420 g/mol. The van der Waals surface area contributed by atoms with Gasteiger partial charge in [-0.05, 0) is 62.4 Å². The highest BCUT2D eigenvalue weighted by atomic mass is 16.2. The molecule has 1 heterocycles. The summed E-state index contributed by atoms with van der Waals surface area (Å²) in [6.07, 6.45) is 4.82. The Kier molecular flexibility index (Phi) is 6.27. The highest BCUT2D eigenvalue weighted by Crippen LogP contribution is 2.45. The van der Waals surface area contributed by atoms with Crippen LogP contribution in [0.4, 0.5) is 0 Å². The second-order valence-corrected chi connectivity index (χ2v) is 9.66. The van der Waals surface area contributed by atoms with Crippen LogP contribution in [0.5, 0.6) is 0 Å². The number of carbonyl (C=O) groups excluding carboxylic acids is 3. The lowest BCUT2D eigenvalue weighted by atomic mass is 9.85. The highest BCUT2D eigenvalue weighted by Gasteiger charge is 2.39. The number of fused-ring (bicyclic) bond motifs is 1. The van der Waals surface area contributed by atoms with Crippen molar-refractivity contribution in [2.24, 2.45) is 23.7 Å². The van der Waals surface area contributed by atoms with Crippen molar-refractivity contribution >= 4 is 17.5 Å². The van der Waals surface area contributed by atoms with Gasteiger partial charge < -0.3 is 4.90 Å². The Labute approximate surface area is 185 Å². The summed E-state index contributed by atoms with van der Waals surface area (Å²) in [6, 6.07) is 9.43. The molecule has 3 aliphatic rings. The van der Waals surface area contributed by atoms with E-state index in [1.54, 1.807) is 0 Å². The van der Waals surface area contributed by atoms with Gasteiger partial charge in [-0.15, -0.1) is 0 Å². The summed E-state index contributed by atoms with van der Waals surface area (Å²) in [4.78, 5) is 40.1. The molecule has 0 N–H and O–H groups in total. The van der Waals surface area contributed by atoms with Crippen LogP contribution in [0.15, 0.2) is 53.6 Å². The van der Waals surface area contributed by atoms with Gasteiger partial charge in [0.05, 0.1) is 0 Å². The Morgan fingerprint density at radius 3 is 2.32 bits per heavy atom. The Balaban J connectivity index is 1.38. The van der Waals surface area contributed by atoms with E-state index in [0.29, 0.717) is 49.8 Å². The van der Waals surface area contributed by atoms with E-state index in [2.05, 4.69) is 13.5 Å². The van der Waals surface area contributed by atoms with E-state index in [-0.39, 0.29) is 29.3 Å². The van der Waals surface area contributed by atoms with Crippen LogP contribution in [0.25, 0.3) is 0 Å². The molecule has 0 spiro atoms. The number of hydrogen-bond acceptors (Lipinski definition) is 3. The van der Waals surface area contributed by atoms with Crippen LogP contribution in [0.2, 0.25) is 0 Å². The van der Waals surface area contributed by atoms with Crippen LogP contribution < -0.4 is 0 Å². The van der Waals surface area contributed by atoms with Crippen LogP contribution in [0.3, 0.4) is 0 Å². The lowest BCUT2D eigenvalue weighted by molar-refractivity contribution is -0.129. The molecule has 1 amide bonds. The quantitative estimate of drug-likeness (QED) is 0.509. The molecular formula is C27H33NO3. The van der Waals surface area contributed by atoms with Crippen molar-refractivity contribution < 1.29 is 14.4 Å². The molecule has 1 aromatic rings. The van der Waals surface area contributed by atoms with E-state index in [1.165, 1.54) is 5.57 Å². The monoisotopic (exact) mass is 419 g/mol. The molecule has 31 heavy (non-hydrogen) atoms. The van der Waals surface area contributed by atoms with Crippen LogP contribution in [0, 0.1) is 23.7 Å². The number of benzene rings is 1. The van der Waals surface area contributed by atoms with Crippen LogP contribution in [0.1, 0.15) is 62.7 Å². The number of rotatable bonds is 4. The molecule has 0 radical (unpaired) electrons. The molecule has 1 aliphatic heterocycles. The lowest BCUT2D eigenvalue weighted by Gasteiger charge is -2.33. The number of nitrogens with zero attached hydrogens (tertiary/aromatic N) is 1. The topological polar surface area (TPSA) is 54.5 Å². The largest absolute Gasteiger partial charge is 0.339 e. The summed E-state index contributed by atoms with van der Waals surface area (Å²) in [7, 11) is 0. The molecule has 1 aromatic carbocycles. The molecule has 4 rings (SSSR count). The minimum absolute atomic E-state index is 0.0171. The number of ketones is 2. The van der Waals surface area contributed by atoms with Gasteiger partial charge in [0.1, 0.15) is 0 Å². The molecule has 0 bridgehead atoms. The first kappa shape index (κ1) is 21.7. The minimum Gasteiger partial charge on any atom is -0.339 e. The first-order valence-electron chi connectivity index (χ1n) is 11.7. The summed E-state index contributed by atoms with van der Waals surface area (Å²) in [5.74, 6) is 1.41. The number of likely N-dealkylation sites (tertiary alicyclic amines) is 1. The van der Waals surface area contributed by atoms with E-state index < -0.39 is 0 Å². The fourth-order valence-corrected chi connectivity index (χ4v) is 5.67. The average Bonchev–Trinajstić information content (AvgIpc) is 2.98. The number of piperidine rings is 1. The molecule has 4 nitrogen and oxygen atoms in total. The van der Waals surface area contributed by atoms with Crippen molar-refractivity contribution in [1.29, 1.82) is 0 Å². The van der Waals surface area contributed by atoms with Crippen LogP contribution in [-0.2, 0) is 9.59 Å². The zero-order valence-electron chi connectivity index (χ0n) is 18.7. The summed E-state index contributed by atoms with van der Waals surface area (Å²) in [5, 5.41) is 0. The first-order chi connectivity index (χ1) is 14.9. The molecule has 0 unspecified atom stereocenters. The third kappa shape index (κ3) is 4.30. The maximum Gasteiger partial charge on any atom is 0.249 e. The summed E-state index contributed by atoms with van der Waals surface area (Å²) >= 11 is 0. The maximum absolute atomic E-state index is 13.2. The predicted octanol–water partition coefficient (Wildman–Crippen LogP) is 5.01. The zero-order valence-corrected chi connectivity index (χ0v) is 18.7. The fraction of sp³-hybridized carbons (Fsp3) is 0.519. The number of Topliss-reactive ketones (excluding diaryl/α,β-unsaturated/α-hetero) is 2. The third-order valence-electron chi connectivity index (χ3n) is 7.86. The first-order valence-corrected chi connectivity index (χ1v) is 11.7. The van der Waals surface area contributed by atoms with Gasteiger partial charge in [-0.3, -0.25) is 14.4 Å². The third-order valence-corrected chi connectivity index (χ3v) is 7.86. The highest BCUT2D eigenvalue weighted by molar-refractivity contribution is 5.99. The Morgan fingerprint density at radius 2 is 1.65 bits per heavy atom. The number of allylic oxidation sites excluding steroid dienone is 2. The van der Waals surface area contributed by atoms with E-state index in [9.17, 15) is 14.4 Å². The van der Waals surface area contributed by atoms with E-state index in [0.717, 1.165) is 30.4 Å². The second-order valence-electron chi connectivity index (χ2n) is 9.66. The molecule has 0 aromatic heterocycles. The fourth-order valence-electron chi connectivity index (χ4n) is 5.67. The maximum atomic E-state index is 13.2. The Bertz CT molecular complexity index is 921. The van der Waals surface area contributed by atoms with Gasteiger partial charge in [0.2, 0.25) is 5.91 Å². The van der Waals surface area contributed by atoms with Gasteiger partial charge in [0.15, 0.2) is 11.6 Å². The van der Waals surface area contributed by atoms with Gasteiger partial charge >= 0.3 is 0 Å². The van der Waals surface area contributed by atoms with Gasteiger partial charge in [0.25, 0.3) is 0 Å². The van der Waals surface area contributed by atoms with Gasteiger partial charge in [-0.1, -0.05) is 49.4 Å². The standard InChI is InChI=1S/C27H33NO3/c1-17-9-10-22(15-24-19(3)25(29)16-23(17)24)18(2)27(31)28-13-11-21(12-14-28)26(30)20-7-5-4-6-8-20/h4-8,17,21-23H,2,9-16H2,1,3H3/t17-,22+,23-/m0/s1. The Hall–Kier alpha value is -2.49. The predicted molar refractivity (Wildman–Crippen MR) is 122 cm³/mol. The number of carbonyl (C=O) groups is 3. The molecule has 3 atom stereocenters. The second kappa shape index (κ2) is 8.94. The minimum atomic E-state index is -0.0171. The van der Waals surface area contributed by atoms with Crippen molar-refractivity contribution in [3.05, 3.63) is 59.2 Å². The Morgan fingerprint density at radius 1 is 0.968 bits per heavy atom. The molecule has 4 heteroatoms. The summed E-state index contributed by atoms with van der Waals surface area (Å²) in [6.45, 7) is 9.61. The summed E-state index contributed by atoms with van der Waals surface area (Å²) in [5.41, 5.74) is 3.62. The van der Waals surface area contributed by atoms with Crippen molar-refractivity contribution in [3.8, 4) is 0 Å². The molecule has 2 fully saturated rings. The zero-order chi connectivity index (χ0) is 22.1. The number of hydrogen-bond donors (Lipinski definition) is 0. The SMILES string of the molecule is C=C(C(=O)N1CCC(C(=O)c2ccccc2)CC1)[C@@H]1CC[C@H](C)[C@@H]2CC(=O)C(C)=C2C1. The summed E-state index contributed by atoms with van der Waals surface area (Å²) < 4.78 is 0. The smallest absolute Gasteiger partial charge is 0.249 e. The molecular weight excluding hydrogens is 386 g/mol. The molecule has 1 saturated heterocycles. The van der Waals surface area contributed by atoms with Crippen molar-refractivity contribution in [2.75, 3.05) is 13.1 Å². The normalized spacial score (nSPS) is 27.1. The van der Waals surface area contributed by atoms with Crippen LogP contribution in [-0.4, -0.2) is 35.5 Å².